The van der Waals surface area contributed by atoms with Crippen LogP contribution in [0.15, 0.2) is 24.5 Å². The number of benzene rings is 1. The molecule has 0 radical (unpaired) electrons. The summed E-state index contributed by atoms with van der Waals surface area (Å²) < 4.78 is 21.4. The summed E-state index contributed by atoms with van der Waals surface area (Å²) in [6.07, 6.45) is 7.50. The first-order chi connectivity index (χ1) is 9.79. The Bertz CT molecular complexity index is 650. The Kier molecular flexibility index (Phi) is 2.76. The highest BCUT2D eigenvalue weighted by Gasteiger charge is 2.25. The Morgan fingerprint density at radius 1 is 1.30 bits per heavy atom. The van der Waals surface area contributed by atoms with Crippen molar-refractivity contribution in [1.29, 1.82) is 0 Å². The van der Waals surface area contributed by atoms with E-state index in [1.807, 2.05) is 6.33 Å². The third-order valence-corrected chi connectivity index (χ3v) is 4.27. The molecular weight excluding hydrogens is 255 g/mol. The van der Waals surface area contributed by atoms with Gasteiger partial charge in [0.1, 0.15) is 17.7 Å². The number of fused-ring (bicyclic) bond motifs is 2. The van der Waals surface area contributed by atoms with Gasteiger partial charge in [0.25, 0.3) is 0 Å². The average molecular weight is 272 g/mol. The first kappa shape index (κ1) is 11.9. The number of hydrogen-bond acceptors (Lipinski definition) is 2. The molecule has 0 spiro atoms. The van der Waals surface area contributed by atoms with Crippen LogP contribution in [0.4, 0.5) is 4.39 Å². The number of imidazole rings is 1. The first-order valence-corrected chi connectivity index (χ1v) is 7.27. The van der Waals surface area contributed by atoms with Crippen molar-refractivity contribution in [1.82, 2.24) is 9.55 Å². The van der Waals surface area contributed by atoms with E-state index in [0.717, 1.165) is 37.1 Å². The molecule has 1 atom stereocenters. The topological polar surface area (TPSA) is 27.1 Å². The van der Waals surface area contributed by atoms with Crippen LogP contribution in [0.3, 0.4) is 0 Å². The van der Waals surface area contributed by atoms with Crippen molar-refractivity contribution in [3.05, 3.63) is 47.3 Å². The van der Waals surface area contributed by atoms with Gasteiger partial charge in [0.15, 0.2) is 0 Å². The van der Waals surface area contributed by atoms with Crippen LogP contribution in [0.2, 0.25) is 0 Å². The van der Waals surface area contributed by atoms with E-state index in [1.54, 1.807) is 12.1 Å². The van der Waals surface area contributed by atoms with Crippen LogP contribution in [-0.4, -0.2) is 15.7 Å². The zero-order valence-electron chi connectivity index (χ0n) is 11.3. The zero-order valence-corrected chi connectivity index (χ0v) is 11.3. The summed E-state index contributed by atoms with van der Waals surface area (Å²) in [6.45, 7) is 0.804. The van der Waals surface area contributed by atoms with Gasteiger partial charge in [-0.1, -0.05) is 0 Å². The van der Waals surface area contributed by atoms with E-state index in [2.05, 4.69) is 9.55 Å². The first-order valence-electron chi connectivity index (χ1n) is 7.27. The maximum Gasteiger partial charge on any atom is 0.123 e. The number of hydrogen-bond donors (Lipinski definition) is 0. The van der Waals surface area contributed by atoms with Gasteiger partial charge in [0, 0.05) is 17.7 Å². The summed E-state index contributed by atoms with van der Waals surface area (Å²) in [5, 5.41) is 0. The molecule has 4 heteroatoms. The largest absolute Gasteiger partial charge is 0.488 e. The van der Waals surface area contributed by atoms with E-state index in [4.69, 9.17) is 4.74 Å². The Morgan fingerprint density at radius 3 is 3.15 bits per heavy atom. The average Bonchev–Trinajstić information content (AvgIpc) is 3.03. The van der Waals surface area contributed by atoms with Gasteiger partial charge in [-0.15, -0.1) is 0 Å². The summed E-state index contributed by atoms with van der Waals surface area (Å²) in [4.78, 5) is 4.51. The quantitative estimate of drug-likeness (QED) is 0.840. The fourth-order valence-electron chi connectivity index (χ4n) is 3.30. The lowest BCUT2D eigenvalue weighted by atomic mass is 10.0. The van der Waals surface area contributed by atoms with Crippen LogP contribution < -0.4 is 4.74 Å². The van der Waals surface area contributed by atoms with Crippen molar-refractivity contribution < 1.29 is 9.13 Å². The molecule has 2 heterocycles. The van der Waals surface area contributed by atoms with Crippen LogP contribution >= 0.6 is 0 Å². The molecule has 0 saturated carbocycles. The molecule has 4 rings (SSSR count). The number of halogens is 1. The van der Waals surface area contributed by atoms with E-state index in [-0.39, 0.29) is 11.9 Å². The molecule has 0 amide bonds. The van der Waals surface area contributed by atoms with Crippen molar-refractivity contribution in [2.45, 2.75) is 44.8 Å². The Balaban J connectivity index is 1.53. The van der Waals surface area contributed by atoms with Gasteiger partial charge >= 0.3 is 0 Å². The van der Waals surface area contributed by atoms with Gasteiger partial charge in [0.05, 0.1) is 18.6 Å². The van der Waals surface area contributed by atoms with Gasteiger partial charge in [-0.05, 0) is 43.9 Å². The maximum absolute atomic E-state index is 13.2. The van der Waals surface area contributed by atoms with E-state index < -0.39 is 0 Å². The predicted molar refractivity (Wildman–Crippen MR) is 73.4 cm³/mol. The van der Waals surface area contributed by atoms with Crippen molar-refractivity contribution in [2.24, 2.45) is 0 Å². The molecule has 2 aliphatic rings. The predicted octanol–water partition coefficient (Wildman–Crippen LogP) is 2.90. The van der Waals surface area contributed by atoms with Gasteiger partial charge in [-0.3, -0.25) is 0 Å². The molecule has 1 aliphatic heterocycles. The minimum Gasteiger partial charge on any atom is -0.488 e. The molecule has 3 nitrogen and oxygen atoms in total. The Hall–Kier alpha value is -1.84. The number of aryl methyl sites for hydroxylation is 1. The van der Waals surface area contributed by atoms with E-state index in [0.29, 0.717) is 0 Å². The van der Waals surface area contributed by atoms with Crippen LogP contribution in [0.25, 0.3) is 0 Å². The molecule has 1 aliphatic carbocycles. The van der Waals surface area contributed by atoms with Crippen molar-refractivity contribution in [2.75, 3.05) is 0 Å². The minimum absolute atomic E-state index is 0.0898. The second-order valence-corrected chi connectivity index (χ2v) is 5.69. The van der Waals surface area contributed by atoms with Crippen molar-refractivity contribution >= 4 is 0 Å². The molecule has 20 heavy (non-hydrogen) atoms. The molecule has 0 saturated heterocycles. The molecule has 2 aromatic rings. The van der Waals surface area contributed by atoms with E-state index in [9.17, 15) is 4.39 Å². The van der Waals surface area contributed by atoms with Crippen molar-refractivity contribution in [3.63, 3.8) is 0 Å². The van der Waals surface area contributed by atoms with Crippen LogP contribution in [0.1, 0.15) is 29.8 Å². The van der Waals surface area contributed by atoms with Crippen LogP contribution in [-0.2, 0) is 25.8 Å². The summed E-state index contributed by atoms with van der Waals surface area (Å²) in [5.74, 6) is 0.637. The SMILES string of the molecule is Fc1ccc2c(c1)CC(Cn1cnc3c1CCCC3)O2. The van der Waals surface area contributed by atoms with E-state index >= 15 is 0 Å². The number of aromatic nitrogens is 2. The third kappa shape index (κ3) is 1.99. The second-order valence-electron chi connectivity index (χ2n) is 5.69. The van der Waals surface area contributed by atoms with Gasteiger partial charge in [0.2, 0.25) is 0 Å². The summed E-state index contributed by atoms with van der Waals surface area (Å²) >= 11 is 0. The lowest BCUT2D eigenvalue weighted by Gasteiger charge is -2.17. The summed E-state index contributed by atoms with van der Waals surface area (Å²) in [5.41, 5.74) is 3.59. The number of ether oxygens (including phenoxy) is 1. The molecule has 1 aromatic heterocycles. The molecule has 0 fully saturated rings. The molecule has 0 N–H and O–H groups in total. The zero-order chi connectivity index (χ0) is 13.5. The lowest BCUT2D eigenvalue weighted by Crippen LogP contribution is -2.22. The summed E-state index contributed by atoms with van der Waals surface area (Å²) in [6, 6.07) is 4.77. The lowest BCUT2D eigenvalue weighted by molar-refractivity contribution is 0.207. The van der Waals surface area contributed by atoms with Gasteiger partial charge in [-0.25, -0.2) is 9.37 Å². The highest BCUT2D eigenvalue weighted by Crippen LogP contribution is 2.30. The van der Waals surface area contributed by atoms with Crippen LogP contribution in [0, 0.1) is 5.82 Å². The number of nitrogens with zero attached hydrogens (tertiary/aromatic N) is 2. The minimum atomic E-state index is -0.187. The van der Waals surface area contributed by atoms with Gasteiger partial charge in [-0.2, -0.15) is 0 Å². The molecule has 104 valence electrons. The highest BCUT2D eigenvalue weighted by molar-refractivity contribution is 5.37. The highest BCUT2D eigenvalue weighted by atomic mass is 19.1. The second kappa shape index (κ2) is 4.62. The Labute approximate surface area is 117 Å². The van der Waals surface area contributed by atoms with Gasteiger partial charge < -0.3 is 9.30 Å². The monoisotopic (exact) mass is 272 g/mol. The fourth-order valence-corrected chi connectivity index (χ4v) is 3.30. The Morgan fingerprint density at radius 2 is 2.20 bits per heavy atom. The molecule has 0 bridgehead atoms. The summed E-state index contributed by atoms with van der Waals surface area (Å²) in [7, 11) is 0. The maximum atomic E-state index is 13.2. The van der Waals surface area contributed by atoms with Crippen molar-refractivity contribution in [3.8, 4) is 5.75 Å². The normalized spacial score (nSPS) is 20.4. The fraction of sp³-hybridized carbons (Fsp3) is 0.438. The molecule has 1 unspecified atom stereocenters. The molecular formula is C16H17FN2O. The standard InChI is InChI=1S/C16H17FN2O/c17-12-5-6-16-11(7-12)8-13(20-16)9-19-10-18-14-3-1-2-4-15(14)19/h5-7,10,13H,1-4,8-9H2. The smallest absolute Gasteiger partial charge is 0.123 e. The van der Waals surface area contributed by atoms with Crippen LogP contribution in [0.5, 0.6) is 5.75 Å². The third-order valence-electron chi connectivity index (χ3n) is 4.27. The van der Waals surface area contributed by atoms with E-state index in [1.165, 1.54) is 30.3 Å². The molecule has 1 aromatic carbocycles. The number of rotatable bonds is 2.